The van der Waals surface area contributed by atoms with Crippen molar-refractivity contribution >= 4 is 67.2 Å². The van der Waals surface area contributed by atoms with Crippen LogP contribution in [0, 0.1) is 6.07 Å². The Morgan fingerprint density at radius 1 is 0.283 bits per heavy atom. The molecule has 0 aliphatic rings. The Kier molecular flexibility index (Phi) is 16.7. The molecule has 7 aromatic rings. The quantitative estimate of drug-likeness (QED) is 0.0681. The first-order valence-electron chi connectivity index (χ1n) is 15.0. The number of halogens is 1. The van der Waals surface area contributed by atoms with E-state index in [9.17, 15) is 0 Å². The fraction of sp³-hybridized carbons (Fsp3) is 0. The van der Waals surface area contributed by atoms with Gasteiger partial charge < -0.3 is 0 Å². The third-order valence-corrected chi connectivity index (χ3v) is 12.4. The molecule has 0 N–H and O–H groups in total. The summed E-state index contributed by atoms with van der Waals surface area (Å²) < 4.78 is 0. The Balaban J connectivity index is 0.000000169. The van der Waals surface area contributed by atoms with Gasteiger partial charge >= 0.3 is 35.1 Å². The van der Waals surface area contributed by atoms with E-state index in [1.165, 1.54) is 31.8 Å². The van der Waals surface area contributed by atoms with Crippen molar-refractivity contribution < 1.29 is 15.6 Å². The summed E-state index contributed by atoms with van der Waals surface area (Å²) in [4.78, 5) is 0. The van der Waals surface area contributed by atoms with Crippen LogP contribution in [0.5, 0.6) is 0 Å². The summed E-state index contributed by atoms with van der Waals surface area (Å²) in [5, 5.41) is 8.61. The van der Waals surface area contributed by atoms with E-state index in [4.69, 9.17) is 0 Å². The average Bonchev–Trinajstić information content (AvgIpc) is 3.17. The predicted molar refractivity (Wildman–Crippen MR) is 212 cm³/mol. The van der Waals surface area contributed by atoms with Crippen molar-refractivity contribution in [1.82, 2.24) is 0 Å². The van der Waals surface area contributed by atoms with E-state index >= 15 is 0 Å². The van der Waals surface area contributed by atoms with Crippen LogP contribution in [0.25, 0.3) is 0 Å². The molecule has 0 spiro atoms. The minimum Gasteiger partial charge on any atom is -0.184 e. The summed E-state index contributed by atoms with van der Waals surface area (Å²) in [6.07, 6.45) is 0. The topological polar surface area (TPSA) is 0 Å². The smallest absolute Gasteiger partial charge is 0.102 e. The van der Waals surface area contributed by atoms with Gasteiger partial charge in [-0.15, -0.1) is 0 Å². The van der Waals surface area contributed by atoms with Gasteiger partial charge in [0.25, 0.3) is 0 Å². The molecule has 0 bridgehead atoms. The van der Waals surface area contributed by atoms with Gasteiger partial charge in [0.1, 0.15) is 31.8 Å². The minimum atomic E-state index is -0.877. The molecule has 0 saturated heterocycles. The Bertz CT molecular complexity index is 1390. The Morgan fingerprint density at radius 2 is 0.457 bits per heavy atom. The van der Waals surface area contributed by atoms with Crippen molar-refractivity contribution in [3.8, 4) is 0 Å². The van der Waals surface area contributed by atoms with Gasteiger partial charge in [-0.2, -0.15) is 36.4 Å². The molecule has 7 rings (SSSR count). The van der Waals surface area contributed by atoms with Crippen LogP contribution >= 0.6 is 35.4 Å². The SMILES string of the molecule is [Pd+][I].[c-]1ccccc1.c1ccc([PH+](c2ccccc2)c2ccccc2)cc1.c1ccc([PH+](c2ccccc2)c2ccccc2)cc1. The van der Waals surface area contributed by atoms with E-state index in [0.29, 0.717) is 0 Å². The maximum atomic E-state index is 2.89. The average molecular weight is 837 g/mol. The Morgan fingerprint density at radius 3 is 0.587 bits per heavy atom. The molecule has 0 atom stereocenters. The van der Waals surface area contributed by atoms with Crippen LogP contribution in [-0.2, 0) is 15.6 Å². The zero-order chi connectivity index (χ0) is 32.1. The van der Waals surface area contributed by atoms with Crippen molar-refractivity contribution in [2.45, 2.75) is 0 Å². The molecule has 0 aliphatic heterocycles. The maximum absolute atomic E-state index is 2.89. The molecule has 0 nitrogen and oxygen atoms in total. The van der Waals surface area contributed by atoms with Crippen LogP contribution in [0.15, 0.2) is 212 Å². The standard InChI is InChI=1S/2C18H15P.C6H5.HI.Pd/c2*1-4-10-16(11-5-1)19(17-12-6-2-7-13-17)18-14-8-3-9-15-18;1-2-4-6-5-3-1;;/h2*1-15H;1-5H;1H;/q;;-1;;+2/p+1. The predicted octanol–water partition coefficient (Wildman–Crippen LogP) is 8.72. The molecule has 0 heterocycles. The number of hydrogen-bond acceptors (Lipinski definition) is 0. The summed E-state index contributed by atoms with van der Waals surface area (Å²) in [7, 11) is -1.75. The first-order chi connectivity index (χ1) is 22.9. The van der Waals surface area contributed by atoms with Gasteiger partial charge in [0, 0.05) is 0 Å². The van der Waals surface area contributed by atoms with Gasteiger partial charge in [0.2, 0.25) is 0 Å². The molecule has 0 aliphatic carbocycles. The molecule has 46 heavy (non-hydrogen) atoms. The second-order valence-electron chi connectivity index (χ2n) is 10.0. The maximum Gasteiger partial charge on any atom is 0.102 e. The van der Waals surface area contributed by atoms with Crippen LogP contribution in [0.1, 0.15) is 0 Å². The third-order valence-electron chi connectivity index (χ3n) is 6.98. The van der Waals surface area contributed by atoms with Crippen LogP contribution in [0.4, 0.5) is 0 Å². The third kappa shape index (κ3) is 11.5. The van der Waals surface area contributed by atoms with Crippen molar-refractivity contribution in [3.05, 3.63) is 218 Å². The molecule has 0 amide bonds. The van der Waals surface area contributed by atoms with Gasteiger partial charge in [-0.25, -0.2) is 0 Å². The van der Waals surface area contributed by atoms with E-state index in [1.54, 1.807) is 0 Å². The van der Waals surface area contributed by atoms with Crippen molar-refractivity contribution in [1.29, 1.82) is 0 Å². The van der Waals surface area contributed by atoms with E-state index < -0.39 is 15.8 Å². The summed E-state index contributed by atoms with van der Waals surface area (Å²) in [5.74, 6) is 0. The molecular weight excluding hydrogens is 800 g/mol. The molecule has 0 saturated carbocycles. The van der Waals surface area contributed by atoms with Gasteiger partial charge in [0.15, 0.2) is 0 Å². The minimum absolute atomic E-state index is 0.877. The molecule has 7 aromatic carbocycles. The molecule has 230 valence electrons. The molecule has 0 aromatic heterocycles. The normalized spacial score (nSPS) is 9.93. The van der Waals surface area contributed by atoms with E-state index in [1.807, 2.05) is 49.8 Å². The van der Waals surface area contributed by atoms with Crippen molar-refractivity contribution in [2.24, 2.45) is 0 Å². The fourth-order valence-electron chi connectivity index (χ4n) is 4.97. The number of hydrogen-bond donors (Lipinski definition) is 0. The van der Waals surface area contributed by atoms with Crippen molar-refractivity contribution in [2.75, 3.05) is 0 Å². The number of rotatable bonds is 6. The van der Waals surface area contributed by atoms with Crippen LogP contribution in [0.3, 0.4) is 0 Å². The molecule has 0 radical (unpaired) electrons. The summed E-state index contributed by atoms with van der Waals surface area (Å²) in [6.45, 7) is 0. The molecule has 0 fully saturated rings. The Labute approximate surface area is 298 Å². The van der Waals surface area contributed by atoms with Crippen molar-refractivity contribution in [3.63, 3.8) is 0 Å². The van der Waals surface area contributed by atoms with Gasteiger partial charge in [-0.1, -0.05) is 109 Å². The van der Waals surface area contributed by atoms with Crippen LogP contribution in [0.2, 0.25) is 0 Å². The molecule has 0 unspecified atom stereocenters. The summed E-state index contributed by atoms with van der Waals surface area (Å²) >= 11 is 4.72. The first-order valence-corrected chi connectivity index (χ1v) is 22.6. The second kappa shape index (κ2) is 21.6. The molecule has 4 heteroatoms. The van der Waals surface area contributed by atoms with Gasteiger partial charge in [-0.05, 0) is 72.8 Å². The fourth-order valence-corrected chi connectivity index (χ4v) is 10.1. The zero-order valence-corrected chi connectivity index (χ0v) is 31.1. The Hall–Kier alpha value is -3.21. The van der Waals surface area contributed by atoms with Crippen LogP contribution in [-0.4, -0.2) is 0 Å². The summed E-state index contributed by atoms with van der Waals surface area (Å²) in [6, 6.07) is 77.5. The van der Waals surface area contributed by atoms with Crippen LogP contribution < -0.4 is 31.8 Å². The second-order valence-corrected chi connectivity index (χ2v) is 15.0. The summed E-state index contributed by atoms with van der Waals surface area (Å²) in [5.41, 5.74) is 0. The van der Waals surface area contributed by atoms with E-state index in [2.05, 4.69) is 204 Å². The van der Waals surface area contributed by atoms with Gasteiger partial charge in [0.05, 0.1) is 15.8 Å². The monoisotopic (exact) mass is 836 g/mol. The zero-order valence-electron chi connectivity index (χ0n) is 25.4. The number of benzene rings is 7. The van der Waals surface area contributed by atoms with E-state index in [0.717, 1.165) is 0 Å². The first kappa shape index (κ1) is 35.6. The largest absolute Gasteiger partial charge is 0.184 e. The van der Waals surface area contributed by atoms with E-state index in [-0.39, 0.29) is 0 Å². The van der Waals surface area contributed by atoms with Gasteiger partial charge in [-0.3, -0.25) is 0 Å². The molecular formula is C42H37IP2Pd+2.